The number of amides is 1. The molecule has 3 aromatic rings. The highest BCUT2D eigenvalue weighted by Gasteiger charge is 2.23. The minimum absolute atomic E-state index is 0.0312. The molecule has 0 aliphatic carbocycles. The fourth-order valence-electron chi connectivity index (χ4n) is 2.50. The van der Waals surface area contributed by atoms with E-state index in [1.807, 2.05) is 50.4 Å². The number of carbonyl (C=O) groups excluding carboxylic acids is 1. The monoisotopic (exact) mass is 386 g/mol. The molecule has 1 atom stereocenters. The summed E-state index contributed by atoms with van der Waals surface area (Å²) < 4.78 is 6.88. The molecule has 9 heteroatoms. The molecule has 1 amide bonds. The lowest BCUT2D eigenvalue weighted by Gasteiger charge is -2.11. The van der Waals surface area contributed by atoms with E-state index >= 15 is 0 Å². The van der Waals surface area contributed by atoms with E-state index in [0.29, 0.717) is 22.2 Å². The highest BCUT2D eigenvalue weighted by atomic mass is 32.2. The molecule has 1 aromatic carbocycles. The summed E-state index contributed by atoms with van der Waals surface area (Å²) in [6.45, 7) is 3.99. The van der Waals surface area contributed by atoms with Crippen LogP contribution in [0.1, 0.15) is 20.3 Å². The van der Waals surface area contributed by atoms with Crippen molar-refractivity contribution in [1.82, 2.24) is 25.2 Å². The van der Waals surface area contributed by atoms with Crippen LogP contribution in [0.5, 0.6) is 0 Å². The third kappa shape index (κ3) is 4.13. The first-order valence-electron chi connectivity index (χ1n) is 8.62. The second-order valence-electron chi connectivity index (χ2n) is 6.09. The smallest absolute Gasteiger partial charge is 0.264 e. The summed E-state index contributed by atoms with van der Waals surface area (Å²) in [4.78, 5) is 16.6. The Balaban J connectivity index is 1.89. The number of carbonyl (C=O) groups is 1. The molecule has 3 N–H and O–H groups in total. The number of thioether (sulfide) groups is 1. The zero-order valence-electron chi connectivity index (χ0n) is 15.5. The van der Waals surface area contributed by atoms with Crippen molar-refractivity contribution in [2.75, 3.05) is 12.0 Å². The zero-order valence-corrected chi connectivity index (χ0v) is 16.3. The van der Waals surface area contributed by atoms with Gasteiger partial charge in [-0.05, 0) is 19.6 Å². The van der Waals surface area contributed by atoms with Crippen LogP contribution in [0.15, 0.2) is 39.9 Å². The summed E-state index contributed by atoms with van der Waals surface area (Å²) in [6.07, 6.45) is 2.73. The highest BCUT2D eigenvalue weighted by molar-refractivity contribution is 7.98. The Morgan fingerprint density at radius 2 is 2.11 bits per heavy atom. The summed E-state index contributed by atoms with van der Waals surface area (Å²) in [5.74, 6) is 0.929. The van der Waals surface area contributed by atoms with Crippen LogP contribution >= 0.6 is 11.8 Å². The van der Waals surface area contributed by atoms with Gasteiger partial charge in [0.05, 0.1) is 0 Å². The van der Waals surface area contributed by atoms with Crippen LogP contribution in [0.2, 0.25) is 0 Å². The van der Waals surface area contributed by atoms with Crippen molar-refractivity contribution in [2.45, 2.75) is 37.9 Å². The lowest BCUT2D eigenvalue weighted by molar-refractivity contribution is -0.122. The summed E-state index contributed by atoms with van der Waals surface area (Å²) in [6, 6.07) is 9.62. The van der Waals surface area contributed by atoms with Crippen molar-refractivity contribution in [2.24, 2.45) is 0 Å². The second-order valence-corrected chi connectivity index (χ2v) is 6.89. The molecule has 0 fully saturated rings. The quantitative estimate of drug-likeness (QED) is 0.600. The molecule has 8 nitrogen and oxygen atoms in total. The predicted molar refractivity (Wildman–Crippen MR) is 105 cm³/mol. The van der Waals surface area contributed by atoms with Crippen molar-refractivity contribution in [3.05, 3.63) is 30.3 Å². The fraction of sp³-hybridized carbons (Fsp3) is 0.333. The molecule has 0 aliphatic rings. The van der Waals surface area contributed by atoms with Gasteiger partial charge in [0.15, 0.2) is 0 Å². The van der Waals surface area contributed by atoms with E-state index in [2.05, 4.69) is 20.6 Å². The fourth-order valence-corrected chi connectivity index (χ4v) is 3.08. The average molecular weight is 386 g/mol. The van der Waals surface area contributed by atoms with Crippen LogP contribution in [-0.4, -0.2) is 38.1 Å². The summed E-state index contributed by atoms with van der Waals surface area (Å²) >= 11 is 1.40. The van der Waals surface area contributed by atoms with Gasteiger partial charge in [-0.1, -0.05) is 42.4 Å². The first-order chi connectivity index (χ1) is 13.0. The van der Waals surface area contributed by atoms with Crippen molar-refractivity contribution in [1.29, 1.82) is 0 Å². The van der Waals surface area contributed by atoms with Gasteiger partial charge in [0.1, 0.15) is 23.0 Å². The molecule has 0 spiro atoms. The molecule has 27 heavy (non-hydrogen) atoms. The van der Waals surface area contributed by atoms with E-state index in [1.165, 1.54) is 16.4 Å². The normalized spacial score (nSPS) is 12.1. The Hall–Kier alpha value is -2.81. The van der Waals surface area contributed by atoms with E-state index in [1.54, 1.807) is 0 Å². The van der Waals surface area contributed by atoms with E-state index in [9.17, 15) is 4.79 Å². The molecule has 2 heterocycles. The van der Waals surface area contributed by atoms with E-state index in [4.69, 9.17) is 10.3 Å². The molecule has 0 saturated heterocycles. The molecule has 0 unspecified atom stereocenters. The number of anilines is 1. The molecule has 142 valence electrons. The largest absolute Gasteiger partial charge is 0.383 e. The summed E-state index contributed by atoms with van der Waals surface area (Å²) in [5.41, 5.74) is 7.64. The maximum absolute atomic E-state index is 12.2. The van der Waals surface area contributed by atoms with Gasteiger partial charge >= 0.3 is 0 Å². The van der Waals surface area contributed by atoms with Gasteiger partial charge in [-0.3, -0.25) is 4.79 Å². The zero-order chi connectivity index (χ0) is 19.4. The maximum Gasteiger partial charge on any atom is 0.264 e. The third-order valence-corrected chi connectivity index (χ3v) is 4.81. The van der Waals surface area contributed by atoms with E-state index in [-0.39, 0.29) is 24.4 Å². The number of nitrogen functional groups attached to an aromatic ring is 1. The minimum atomic E-state index is -0.145. The van der Waals surface area contributed by atoms with Gasteiger partial charge in [-0.25, -0.2) is 4.68 Å². The summed E-state index contributed by atoms with van der Waals surface area (Å²) in [5, 5.41) is 12.0. The molecule has 3 rings (SSSR count). The number of hydrogen-bond donors (Lipinski definition) is 2. The third-order valence-electron chi connectivity index (χ3n) is 4.14. The number of hydrogen-bond acceptors (Lipinski definition) is 7. The Morgan fingerprint density at radius 3 is 2.78 bits per heavy atom. The molecule has 0 radical (unpaired) electrons. The first-order valence-corrected chi connectivity index (χ1v) is 9.85. The Labute approximate surface area is 161 Å². The predicted octanol–water partition coefficient (Wildman–Crippen LogP) is 2.82. The van der Waals surface area contributed by atoms with Gasteiger partial charge < -0.3 is 15.6 Å². The number of aromatic nitrogens is 4. The standard InChI is InChI=1S/C18H22N6O2S/c1-4-11(2)20-13(25)10-24-15(19)14(18(22-24)27-3)17-21-16(23-26-17)12-8-6-5-7-9-12/h5-9,11H,4,10,19H2,1-3H3,(H,20,25)/t11-/m1/s1. The van der Waals surface area contributed by atoms with Crippen LogP contribution in [0, 0.1) is 0 Å². The van der Waals surface area contributed by atoms with Crippen molar-refractivity contribution >= 4 is 23.5 Å². The maximum atomic E-state index is 12.2. The highest BCUT2D eigenvalue weighted by Crippen LogP contribution is 2.34. The van der Waals surface area contributed by atoms with E-state index in [0.717, 1.165) is 12.0 Å². The number of nitrogens with two attached hydrogens (primary N) is 1. The Kier molecular flexibility index (Phi) is 5.80. The number of rotatable bonds is 7. The van der Waals surface area contributed by atoms with E-state index < -0.39 is 0 Å². The molecule has 0 aliphatic heterocycles. The van der Waals surface area contributed by atoms with Crippen LogP contribution in [0.25, 0.3) is 22.8 Å². The minimum Gasteiger partial charge on any atom is -0.383 e. The van der Waals surface area contributed by atoms with Crippen molar-refractivity contribution < 1.29 is 9.32 Å². The number of nitrogens with one attached hydrogen (secondary N) is 1. The SMILES string of the molecule is CC[C@@H](C)NC(=O)Cn1nc(SC)c(-c2nc(-c3ccccc3)no2)c1N. The van der Waals surface area contributed by atoms with Gasteiger partial charge in [-0.2, -0.15) is 10.1 Å². The molecular formula is C18H22N6O2S. The Morgan fingerprint density at radius 1 is 1.37 bits per heavy atom. The lowest BCUT2D eigenvalue weighted by atomic mass is 10.2. The van der Waals surface area contributed by atoms with Gasteiger partial charge in [0.25, 0.3) is 5.89 Å². The van der Waals surface area contributed by atoms with Crippen LogP contribution in [0.3, 0.4) is 0 Å². The number of nitrogens with zero attached hydrogens (tertiary/aromatic N) is 4. The first kappa shape index (κ1) is 19.0. The molecular weight excluding hydrogens is 364 g/mol. The second kappa shape index (κ2) is 8.26. The average Bonchev–Trinajstić information content (AvgIpc) is 3.27. The lowest BCUT2D eigenvalue weighted by Crippen LogP contribution is -2.35. The van der Waals surface area contributed by atoms with Crippen molar-refractivity contribution in [3.63, 3.8) is 0 Å². The summed E-state index contributed by atoms with van der Waals surface area (Å²) in [7, 11) is 0. The topological polar surface area (TPSA) is 112 Å². The Bertz CT molecular complexity index is 921. The van der Waals surface area contributed by atoms with Crippen LogP contribution in [-0.2, 0) is 11.3 Å². The molecule has 0 bridgehead atoms. The van der Waals surface area contributed by atoms with Crippen molar-refractivity contribution in [3.8, 4) is 22.8 Å². The van der Waals surface area contributed by atoms with Crippen LogP contribution < -0.4 is 11.1 Å². The van der Waals surface area contributed by atoms with Gasteiger partial charge in [0.2, 0.25) is 11.7 Å². The van der Waals surface area contributed by atoms with Crippen LogP contribution in [0.4, 0.5) is 5.82 Å². The molecule has 2 aromatic heterocycles. The van der Waals surface area contributed by atoms with Gasteiger partial charge in [0, 0.05) is 11.6 Å². The van der Waals surface area contributed by atoms with Gasteiger partial charge in [-0.15, -0.1) is 11.8 Å². The molecule has 0 saturated carbocycles. The number of benzene rings is 1.